The fourth-order valence-corrected chi connectivity index (χ4v) is 5.28. The van der Waals surface area contributed by atoms with E-state index < -0.39 is 0 Å². The largest absolute Gasteiger partial charge is 0.341 e. The van der Waals surface area contributed by atoms with Gasteiger partial charge >= 0.3 is 0 Å². The third kappa shape index (κ3) is 3.87. The molecule has 5 heteroatoms. The number of rotatable bonds is 3. The Bertz CT molecular complexity index is 710. The van der Waals surface area contributed by atoms with E-state index >= 15 is 0 Å². The molecule has 2 fully saturated rings. The topological polar surface area (TPSA) is 36.4 Å². The Morgan fingerprint density at radius 3 is 2.88 bits per heavy atom. The van der Waals surface area contributed by atoms with Crippen LogP contribution in [0.4, 0.5) is 0 Å². The van der Waals surface area contributed by atoms with Crippen LogP contribution >= 0.6 is 11.3 Å². The van der Waals surface area contributed by atoms with Crippen LogP contribution in [0.1, 0.15) is 43.5 Å². The summed E-state index contributed by atoms with van der Waals surface area (Å²) in [5, 5.41) is 1.20. The van der Waals surface area contributed by atoms with Gasteiger partial charge in [0.1, 0.15) is 0 Å². The van der Waals surface area contributed by atoms with Gasteiger partial charge in [-0.1, -0.05) is 19.1 Å². The third-order valence-electron chi connectivity index (χ3n) is 5.53. The molecule has 4 nitrogen and oxygen atoms in total. The lowest BCUT2D eigenvalue weighted by Crippen LogP contribution is -2.46. The van der Waals surface area contributed by atoms with Crippen LogP contribution < -0.4 is 0 Å². The molecule has 2 aromatic rings. The van der Waals surface area contributed by atoms with E-state index in [9.17, 15) is 4.79 Å². The van der Waals surface area contributed by atoms with Crippen LogP contribution in [0.5, 0.6) is 0 Å². The lowest BCUT2D eigenvalue weighted by Gasteiger charge is -2.35. The van der Waals surface area contributed by atoms with E-state index in [1.54, 1.807) is 11.3 Å². The molecule has 1 aromatic heterocycles. The van der Waals surface area contributed by atoms with Crippen molar-refractivity contribution in [1.82, 2.24) is 14.8 Å². The van der Waals surface area contributed by atoms with Gasteiger partial charge < -0.3 is 4.90 Å². The monoisotopic (exact) mass is 357 g/mol. The second-order valence-electron chi connectivity index (χ2n) is 7.68. The first kappa shape index (κ1) is 17.0. The van der Waals surface area contributed by atoms with E-state index in [4.69, 9.17) is 4.98 Å². The molecule has 0 spiro atoms. The standard InChI is InChI=1S/C20H27N3OS/c1-15-6-4-10-22(12-15)14-19(24)23-11-5-7-16(13-23)20-21-17-8-2-3-9-18(17)25-20/h2-3,8-9,15-16H,4-7,10-14H2,1H3/t15-,16+/m1/s1. The molecule has 3 heterocycles. The van der Waals surface area contributed by atoms with Gasteiger partial charge in [0, 0.05) is 25.6 Å². The molecule has 0 radical (unpaired) electrons. The molecule has 0 bridgehead atoms. The number of hydrogen-bond acceptors (Lipinski definition) is 4. The minimum atomic E-state index is 0.305. The number of carbonyl (C=O) groups excluding carboxylic acids is 1. The predicted octanol–water partition coefficient (Wildman–Crippen LogP) is 3.73. The molecule has 1 aromatic carbocycles. The number of likely N-dealkylation sites (tertiary alicyclic amines) is 2. The number of para-hydroxylation sites is 1. The fraction of sp³-hybridized carbons (Fsp3) is 0.600. The molecule has 2 saturated heterocycles. The van der Waals surface area contributed by atoms with E-state index in [0.717, 1.165) is 50.5 Å². The Kier molecular flexibility index (Phi) is 5.04. The summed E-state index contributed by atoms with van der Waals surface area (Å²) in [4.78, 5) is 22.0. The highest BCUT2D eigenvalue weighted by atomic mass is 32.1. The normalized spacial score (nSPS) is 25.4. The average Bonchev–Trinajstić information content (AvgIpc) is 3.06. The number of benzene rings is 1. The highest BCUT2D eigenvalue weighted by Gasteiger charge is 2.28. The van der Waals surface area contributed by atoms with E-state index in [1.807, 2.05) is 6.07 Å². The Balaban J connectivity index is 1.40. The van der Waals surface area contributed by atoms with Crippen LogP contribution in [-0.2, 0) is 4.79 Å². The van der Waals surface area contributed by atoms with Crippen LogP contribution in [0.2, 0.25) is 0 Å². The van der Waals surface area contributed by atoms with Crippen molar-refractivity contribution in [3.8, 4) is 0 Å². The number of thiazole rings is 1. The molecule has 0 saturated carbocycles. The molecule has 134 valence electrons. The third-order valence-corrected chi connectivity index (χ3v) is 6.73. The molecule has 25 heavy (non-hydrogen) atoms. The van der Waals surface area contributed by atoms with E-state index in [-0.39, 0.29) is 0 Å². The molecule has 2 atom stereocenters. The van der Waals surface area contributed by atoms with Crippen LogP contribution in [0.25, 0.3) is 10.2 Å². The number of carbonyl (C=O) groups is 1. The van der Waals surface area contributed by atoms with Gasteiger partial charge in [-0.2, -0.15) is 0 Å². The first-order valence-corrected chi connectivity index (χ1v) is 10.4. The van der Waals surface area contributed by atoms with Gasteiger partial charge in [-0.05, 0) is 50.3 Å². The zero-order chi connectivity index (χ0) is 17.2. The van der Waals surface area contributed by atoms with Crippen molar-refractivity contribution in [1.29, 1.82) is 0 Å². The summed E-state index contributed by atoms with van der Waals surface area (Å²) in [6.45, 7) is 6.77. The second kappa shape index (κ2) is 7.42. The number of amides is 1. The first-order chi connectivity index (χ1) is 12.2. The van der Waals surface area contributed by atoms with Gasteiger partial charge in [0.25, 0.3) is 0 Å². The van der Waals surface area contributed by atoms with Crippen LogP contribution in [-0.4, -0.2) is 53.4 Å². The van der Waals surface area contributed by atoms with Crippen LogP contribution in [0.3, 0.4) is 0 Å². The van der Waals surface area contributed by atoms with E-state index in [2.05, 4.69) is 34.9 Å². The van der Waals surface area contributed by atoms with E-state index in [1.165, 1.54) is 22.5 Å². The highest BCUT2D eigenvalue weighted by molar-refractivity contribution is 7.18. The van der Waals surface area contributed by atoms with Gasteiger partial charge in [0.2, 0.25) is 5.91 Å². The zero-order valence-electron chi connectivity index (χ0n) is 15.0. The lowest BCUT2D eigenvalue weighted by atomic mass is 9.98. The van der Waals surface area contributed by atoms with Gasteiger partial charge in [-0.25, -0.2) is 4.98 Å². The summed E-state index contributed by atoms with van der Waals surface area (Å²) in [6.07, 6.45) is 4.75. The van der Waals surface area contributed by atoms with Crippen molar-refractivity contribution in [2.75, 3.05) is 32.7 Å². The van der Waals surface area contributed by atoms with Crippen molar-refractivity contribution >= 4 is 27.5 Å². The minimum Gasteiger partial charge on any atom is -0.341 e. The molecule has 0 aliphatic carbocycles. The molecule has 0 N–H and O–H groups in total. The fourth-order valence-electron chi connectivity index (χ4n) is 4.19. The molecule has 1 amide bonds. The van der Waals surface area contributed by atoms with Crippen molar-refractivity contribution in [2.45, 2.75) is 38.5 Å². The summed E-state index contributed by atoms with van der Waals surface area (Å²) < 4.78 is 1.25. The summed E-state index contributed by atoms with van der Waals surface area (Å²) in [7, 11) is 0. The maximum absolute atomic E-state index is 12.8. The minimum absolute atomic E-state index is 0.305. The molecule has 0 unspecified atom stereocenters. The van der Waals surface area contributed by atoms with Crippen LogP contribution in [0, 0.1) is 5.92 Å². The quantitative estimate of drug-likeness (QED) is 0.840. The maximum Gasteiger partial charge on any atom is 0.236 e. The van der Waals surface area contributed by atoms with Crippen molar-refractivity contribution in [2.24, 2.45) is 5.92 Å². The number of nitrogens with zero attached hydrogens (tertiary/aromatic N) is 3. The summed E-state index contributed by atoms with van der Waals surface area (Å²) in [5.74, 6) is 1.42. The van der Waals surface area contributed by atoms with Crippen molar-refractivity contribution in [3.63, 3.8) is 0 Å². The smallest absolute Gasteiger partial charge is 0.236 e. The summed E-state index contributed by atoms with van der Waals surface area (Å²) in [6, 6.07) is 8.33. The summed E-state index contributed by atoms with van der Waals surface area (Å²) in [5.41, 5.74) is 1.09. The average molecular weight is 358 g/mol. The second-order valence-corrected chi connectivity index (χ2v) is 8.74. The molecule has 4 rings (SSSR count). The lowest BCUT2D eigenvalue weighted by molar-refractivity contribution is -0.134. The van der Waals surface area contributed by atoms with Gasteiger partial charge in [0.15, 0.2) is 0 Å². The number of aromatic nitrogens is 1. The Morgan fingerprint density at radius 2 is 2.04 bits per heavy atom. The van der Waals surface area contributed by atoms with Crippen molar-refractivity contribution in [3.05, 3.63) is 29.3 Å². The number of hydrogen-bond donors (Lipinski definition) is 0. The zero-order valence-corrected chi connectivity index (χ0v) is 15.8. The molecular weight excluding hydrogens is 330 g/mol. The van der Waals surface area contributed by atoms with E-state index in [0.29, 0.717) is 18.4 Å². The molecule has 2 aliphatic heterocycles. The maximum atomic E-state index is 12.8. The number of fused-ring (bicyclic) bond motifs is 1. The first-order valence-electron chi connectivity index (χ1n) is 9.54. The Morgan fingerprint density at radius 1 is 1.20 bits per heavy atom. The highest BCUT2D eigenvalue weighted by Crippen LogP contribution is 2.33. The predicted molar refractivity (Wildman–Crippen MR) is 103 cm³/mol. The van der Waals surface area contributed by atoms with Gasteiger partial charge in [-0.15, -0.1) is 11.3 Å². The molecular formula is C20H27N3OS. The van der Waals surface area contributed by atoms with Crippen LogP contribution in [0.15, 0.2) is 24.3 Å². The Labute approximate surface area is 153 Å². The SMILES string of the molecule is C[C@@H]1CCCN(CC(=O)N2CCC[C@H](c3nc4ccccc4s3)C2)C1. The van der Waals surface area contributed by atoms with Gasteiger partial charge in [-0.3, -0.25) is 9.69 Å². The summed E-state index contributed by atoms with van der Waals surface area (Å²) >= 11 is 1.79. The number of piperidine rings is 2. The van der Waals surface area contributed by atoms with Crippen molar-refractivity contribution < 1.29 is 4.79 Å². The van der Waals surface area contributed by atoms with Gasteiger partial charge in [0.05, 0.1) is 21.8 Å². The molecule has 2 aliphatic rings. The Hall–Kier alpha value is -1.46.